The number of rotatable bonds is 4. The van der Waals surface area contributed by atoms with Crippen LogP contribution in [0.1, 0.15) is 11.1 Å². The van der Waals surface area contributed by atoms with Gasteiger partial charge in [0.25, 0.3) is 0 Å². The summed E-state index contributed by atoms with van der Waals surface area (Å²) in [5.41, 5.74) is 2.15. The van der Waals surface area contributed by atoms with E-state index >= 15 is 0 Å². The summed E-state index contributed by atoms with van der Waals surface area (Å²) in [4.78, 5) is 10.9. The molecule has 7 heteroatoms. The summed E-state index contributed by atoms with van der Waals surface area (Å²) < 4.78 is 1.68. The van der Waals surface area contributed by atoms with Crippen molar-refractivity contribution < 1.29 is 9.90 Å². The normalized spacial score (nSPS) is 11.1. The number of hydrogen-bond donors (Lipinski definition) is 1. The largest absolute Gasteiger partial charge is 0.481 e. The Hall–Kier alpha value is -1.75. The third kappa shape index (κ3) is 3.29. The Balaban J connectivity index is 2.08. The monoisotopic (exact) mass is 368 g/mol. The van der Waals surface area contributed by atoms with Crippen molar-refractivity contribution in [3.63, 3.8) is 0 Å². The molecule has 0 bridgehead atoms. The molecule has 0 radical (unpaired) electrons. The maximum Gasteiger partial charge on any atom is 0.307 e. The first-order valence-corrected chi connectivity index (χ1v) is 7.88. The van der Waals surface area contributed by atoms with Crippen molar-refractivity contribution in [1.29, 1.82) is 0 Å². The van der Waals surface area contributed by atoms with E-state index in [1.54, 1.807) is 41.1 Å². The molecule has 0 aliphatic rings. The van der Waals surface area contributed by atoms with E-state index in [9.17, 15) is 4.79 Å². The Morgan fingerprint density at radius 1 is 1.13 bits per heavy atom. The molecule has 0 aliphatic carbocycles. The van der Waals surface area contributed by atoms with Crippen LogP contribution in [0.15, 0.2) is 36.4 Å². The molecule has 0 amide bonds. The summed E-state index contributed by atoms with van der Waals surface area (Å²) in [6.07, 6.45) is -0.0639. The van der Waals surface area contributed by atoms with E-state index in [1.165, 1.54) is 0 Å². The minimum atomic E-state index is -0.893. The molecular formula is C16H11Cl3N2O2. The number of nitrogens with zero attached hydrogens (tertiary/aromatic N) is 2. The molecule has 0 saturated carbocycles. The molecule has 0 fully saturated rings. The molecule has 2 aromatic carbocycles. The average molecular weight is 370 g/mol. The second kappa shape index (κ2) is 6.40. The van der Waals surface area contributed by atoms with Crippen molar-refractivity contribution >= 4 is 51.7 Å². The lowest BCUT2D eigenvalue weighted by Crippen LogP contribution is -2.04. The van der Waals surface area contributed by atoms with Crippen molar-refractivity contribution in [2.45, 2.75) is 13.0 Å². The van der Waals surface area contributed by atoms with Gasteiger partial charge in [-0.05, 0) is 29.8 Å². The van der Waals surface area contributed by atoms with Crippen LogP contribution in [0.25, 0.3) is 10.9 Å². The van der Waals surface area contributed by atoms with Gasteiger partial charge in [0.15, 0.2) is 5.15 Å². The molecule has 3 rings (SSSR count). The van der Waals surface area contributed by atoms with Crippen molar-refractivity contribution in [2.24, 2.45) is 0 Å². The van der Waals surface area contributed by atoms with E-state index in [4.69, 9.17) is 39.9 Å². The summed E-state index contributed by atoms with van der Waals surface area (Å²) in [5.74, 6) is -0.893. The summed E-state index contributed by atoms with van der Waals surface area (Å²) in [7, 11) is 0. The van der Waals surface area contributed by atoms with Gasteiger partial charge in [-0.25, -0.2) is 0 Å². The third-order valence-corrected chi connectivity index (χ3v) is 4.48. The van der Waals surface area contributed by atoms with Gasteiger partial charge in [-0.2, -0.15) is 5.10 Å². The van der Waals surface area contributed by atoms with Gasteiger partial charge in [-0.15, -0.1) is 0 Å². The molecule has 0 unspecified atom stereocenters. The quantitative estimate of drug-likeness (QED) is 0.727. The number of aliphatic carboxylic acids is 1. The first-order chi connectivity index (χ1) is 11.0. The number of carbonyl (C=O) groups is 1. The lowest BCUT2D eigenvalue weighted by Gasteiger charge is -2.08. The highest BCUT2D eigenvalue weighted by Crippen LogP contribution is 2.29. The predicted molar refractivity (Wildman–Crippen MR) is 91.6 cm³/mol. The molecule has 1 N–H and O–H groups in total. The van der Waals surface area contributed by atoms with Crippen LogP contribution in [0.5, 0.6) is 0 Å². The molecular weight excluding hydrogens is 359 g/mol. The summed E-state index contributed by atoms with van der Waals surface area (Å²) in [6.45, 7) is 0.345. The summed E-state index contributed by atoms with van der Waals surface area (Å²) in [5, 5.41) is 15.4. The minimum absolute atomic E-state index is 0.0639. The highest BCUT2D eigenvalue weighted by molar-refractivity contribution is 6.36. The average Bonchev–Trinajstić information content (AvgIpc) is 2.78. The van der Waals surface area contributed by atoms with E-state index in [2.05, 4.69) is 5.10 Å². The zero-order valence-electron chi connectivity index (χ0n) is 11.8. The number of carboxylic acid groups (broad SMARTS) is 1. The van der Waals surface area contributed by atoms with Gasteiger partial charge in [-0.3, -0.25) is 9.48 Å². The Bertz CT molecular complexity index is 885. The lowest BCUT2D eigenvalue weighted by atomic mass is 10.1. The molecule has 0 aliphatic heterocycles. The zero-order valence-corrected chi connectivity index (χ0v) is 14.0. The Kier molecular flexibility index (Phi) is 4.48. The molecule has 23 heavy (non-hydrogen) atoms. The van der Waals surface area contributed by atoms with Gasteiger partial charge in [0.05, 0.1) is 18.5 Å². The zero-order chi connectivity index (χ0) is 16.6. The SMILES string of the molecule is O=C(O)Cc1ccc2c(Cl)nn(Cc3c(Cl)cccc3Cl)c2c1. The van der Waals surface area contributed by atoms with Crippen LogP contribution in [0.2, 0.25) is 15.2 Å². The molecule has 118 valence electrons. The molecule has 3 aromatic rings. The summed E-state index contributed by atoms with van der Waals surface area (Å²) in [6, 6.07) is 10.6. The van der Waals surface area contributed by atoms with E-state index in [-0.39, 0.29) is 6.42 Å². The van der Waals surface area contributed by atoms with Crippen LogP contribution in [0.3, 0.4) is 0 Å². The van der Waals surface area contributed by atoms with Crippen molar-refractivity contribution in [3.05, 3.63) is 62.7 Å². The van der Waals surface area contributed by atoms with Crippen LogP contribution in [0, 0.1) is 0 Å². The molecule has 1 heterocycles. The highest BCUT2D eigenvalue weighted by Gasteiger charge is 2.13. The third-order valence-electron chi connectivity index (χ3n) is 3.50. The van der Waals surface area contributed by atoms with Gasteiger partial charge < -0.3 is 5.11 Å². The number of benzene rings is 2. The molecule has 4 nitrogen and oxygen atoms in total. The minimum Gasteiger partial charge on any atom is -0.481 e. The lowest BCUT2D eigenvalue weighted by molar-refractivity contribution is -0.136. The molecule has 0 saturated heterocycles. The number of halogens is 3. The van der Waals surface area contributed by atoms with Crippen molar-refractivity contribution in [3.8, 4) is 0 Å². The first-order valence-electron chi connectivity index (χ1n) is 6.75. The number of carboxylic acids is 1. The first kappa shape index (κ1) is 16.1. The van der Waals surface area contributed by atoms with Crippen molar-refractivity contribution in [1.82, 2.24) is 9.78 Å². The van der Waals surface area contributed by atoms with Crippen LogP contribution in [-0.2, 0) is 17.8 Å². The number of aromatic nitrogens is 2. The van der Waals surface area contributed by atoms with Gasteiger partial charge in [-0.1, -0.05) is 46.9 Å². The van der Waals surface area contributed by atoms with E-state index in [1.807, 2.05) is 0 Å². The van der Waals surface area contributed by atoms with Crippen LogP contribution in [0.4, 0.5) is 0 Å². The smallest absolute Gasteiger partial charge is 0.307 e. The van der Waals surface area contributed by atoms with Crippen molar-refractivity contribution in [2.75, 3.05) is 0 Å². The van der Waals surface area contributed by atoms with E-state index in [0.717, 1.165) is 16.5 Å². The second-order valence-electron chi connectivity index (χ2n) is 5.07. The van der Waals surface area contributed by atoms with E-state index in [0.29, 0.717) is 27.3 Å². The van der Waals surface area contributed by atoms with Crippen LogP contribution < -0.4 is 0 Å². The molecule has 0 spiro atoms. The highest BCUT2D eigenvalue weighted by atomic mass is 35.5. The number of hydrogen-bond acceptors (Lipinski definition) is 2. The fraction of sp³-hybridized carbons (Fsp3) is 0.125. The van der Waals surface area contributed by atoms with Gasteiger partial charge >= 0.3 is 5.97 Å². The van der Waals surface area contributed by atoms with Crippen LogP contribution >= 0.6 is 34.8 Å². The predicted octanol–water partition coefficient (Wildman–Crippen LogP) is 4.67. The van der Waals surface area contributed by atoms with Gasteiger partial charge in [0.2, 0.25) is 0 Å². The summed E-state index contributed by atoms with van der Waals surface area (Å²) >= 11 is 18.6. The second-order valence-corrected chi connectivity index (χ2v) is 6.24. The Labute approximate surface area is 147 Å². The maximum absolute atomic E-state index is 10.9. The topological polar surface area (TPSA) is 55.1 Å². The Morgan fingerprint density at radius 3 is 2.48 bits per heavy atom. The number of fused-ring (bicyclic) bond motifs is 1. The fourth-order valence-electron chi connectivity index (χ4n) is 2.42. The molecule has 1 aromatic heterocycles. The maximum atomic E-state index is 10.9. The fourth-order valence-corrected chi connectivity index (χ4v) is 3.19. The van der Waals surface area contributed by atoms with E-state index < -0.39 is 5.97 Å². The van der Waals surface area contributed by atoms with Gasteiger partial charge in [0.1, 0.15) is 0 Å². The molecule has 0 atom stereocenters. The van der Waals surface area contributed by atoms with Gasteiger partial charge in [0, 0.05) is 21.0 Å². The van der Waals surface area contributed by atoms with Crippen LogP contribution in [-0.4, -0.2) is 20.9 Å². The standard InChI is InChI=1S/C16H11Cl3N2O2/c17-12-2-1-3-13(18)11(12)8-21-14-6-9(7-15(22)23)4-5-10(14)16(19)20-21/h1-6H,7-8H2,(H,22,23). The Morgan fingerprint density at radius 2 is 1.83 bits per heavy atom.